The molecule has 0 fully saturated rings. The van der Waals surface area contributed by atoms with Crippen molar-refractivity contribution in [2.45, 2.75) is 25.8 Å². The van der Waals surface area contributed by atoms with Gasteiger partial charge in [-0.2, -0.15) is 4.98 Å². The first-order valence-corrected chi connectivity index (χ1v) is 7.12. The van der Waals surface area contributed by atoms with Gasteiger partial charge in [-0.1, -0.05) is 18.3 Å². The van der Waals surface area contributed by atoms with Crippen LogP contribution in [0.25, 0.3) is 0 Å². The monoisotopic (exact) mass is 310 g/mol. The Labute approximate surface area is 126 Å². The van der Waals surface area contributed by atoms with Crippen LogP contribution in [-0.4, -0.2) is 33.8 Å². The van der Waals surface area contributed by atoms with Crippen LogP contribution in [0.3, 0.4) is 0 Å². The highest BCUT2D eigenvalue weighted by Gasteiger charge is 2.26. The fourth-order valence-corrected chi connectivity index (χ4v) is 2.77. The van der Waals surface area contributed by atoms with Crippen LogP contribution in [-0.2, 0) is 0 Å². The van der Waals surface area contributed by atoms with E-state index >= 15 is 0 Å². The normalized spacial score (nSPS) is 12.5. The van der Waals surface area contributed by atoms with Gasteiger partial charge in [0.2, 0.25) is 11.8 Å². The van der Waals surface area contributed by atoms with Crippen LogP contribution >= 0.6 is 11.5 Å². The maximum Gasteiger partial charge on any atom is 0.240 e. The number of hydrogen-bond donors (Lipinski definition) is 2. The average Bonchev–Trinajstić information content (AvgIpc) is 2.98. The molecule has 2 heterocycles. The minimum atomic E-state index is -0.393. The van der Waals surface area contributed by atoms with Crippen LogP contribution in [0, 0.1) is 0 Å². The highest BCUT2D eigenvalue weighted by molar-refractivity contribution is 7.05. The summed E-state index contributed by atoms with van der Waals surface area (Å²) in [6.45, 7) is 4.09. The van der Waals surface area contributed by atoms with Gasteiger partial charge in [-0.3, -0.25) is 5.84 Å². The molecule has 0 aliphatic rings. The van der Waals surface area contributed by atoms with Crippen molar-refractivity contribution in [1.29, 1.82) is 0 Å². The lowest BCUT2D eigenvalue weighted by Crippen LogP contribution is -2.30. The molecule has 0 aromatic carbocycles. The van der Waals surface area contributed by atoms with Crippen LogP contribution in [0.2, 0.25) is 0 Å². The van der Waals surface area contributed by atoms with Gasteiger partial charge in [-0.15, -0.1) is 5.10 Å². The zero-order valence-electron chi connectivity index (χ0n) is 12.3. The van der Waals surface area contributed by atoms with Crippen molar-refractivity contribution in [1.82, 2.24) is 25.0 Å². The van der Waals surface area contributed by atoms with Gasteiger partial charge in [0.05, 0.1) is 31.0 Å². The zero-order valence-corrected chi connectivity index (χ0v) is 13.1. The SMILES string of the molecule is COc1cnc(C(NN)c2snnc2C(C)C)c(OC)n1. The van der Waals surface area contributed by atoms with E-state index in [-0.39, 0.29) is 5.92 Å². The Bertz CT molecular complexity index is 603. The molecule has 2 aromatic rings. The maximum atomic E-state index is 5.71. The predicted octanol–water partition coefficient (Wildman–Crippen LogP) is 1.02. The first kappa shape index (κ1) is 15.5. The van der Waals surface area contributed by atoms with Crippen molar-refractivity contribution >= 4 is 11.5 Å². The molecule has 21 heavy (non-hydrogen) atoms. The molecule has 0 aliphatic carbocycles. The average molecular weight is 310 g/mol. The number of ether oxygens (including phenoxy) is 2. The Morgan fingerprint density at radius 3 is 2.57 bits per heavy atom. The van der Waals surface area contributed by atoms with Crippen molar-refractivity contribution in [2.24, 2.45) is 5.84 Å². The van der Waals surface area contributed by atoms with Crippen molar-refractivity contribution in [3.8, 4) is 11.8 Å². The predicted molar refractivity (Wildman–Crippen MR) is 78.3 cm³/mol. The van der Waals surface area contributed by atoms with Gasteiger partial charge in [0.1, 0.15) is 11.7 Å². The summed E-state index contributed by atoms with van der Waals surface area (Å²) < 4.78 is 14.3. The molecule has 1 unspecified atom stereocenters. The molecule has 8 nitrogen and oxygen atoms in total. The Morgan fingerprint density at radius 1 is 1.24 bits per heavy atom. The van der Waals surface area contributed by atoms with E-state index in [1.807, 2.05) is 13.8 Å². The van der Waals surface area contributed by atoms with Gasteiger partial charge < -0.3 is 9.47 Å². The molecule has 0 spiro atoms. The third-order valence-electron chi connectivity index (χ3n) is 2.94. The van der Waals surface area contributed by atoms with E-state index in [9.17, 15) is 0 Å². The summed E-state index contributed by atoms with van der Waals surface area (Å²) in [7, 11) is 3.04. The Hall–Kier alpha value is -1.84. The molecule has 114 valence electrons. The van der Waals surface area contributed by atoms with Crippen LogP contribution in [0.5, 0.6) is 11.8 Å². The standard InChI is InChI=1S/C12H18N6O2S/c1-6(2)8-11(21-18-17-8)9(16-13)10-12(20-4)15-7(19-3)5-14-10/h5-6,9,16H,13H2,1-4H3. The van der Waals surface area contributed by atoms with E-state index in [0.717, 1.165) is 10.6 Å². The van der Waals surface area contributed by atoms with E-state index < -0.39 is 6.04 Å². The van der Waals surface area contributed by atoms with E-state index in [0.29, 0.717) is 17.5 Å². The quantitative estimate of drug-likeness (QED) is 0.601. The number of methoxy groups -OCH3 is 2. The first-order valence-electron chi connectivity index (χ1n) is 6.35. The molecule has 0 bridgehead atoms. The molecular weight excluding hydrogens is 292 g/mol. The van der Waals surface area contributed by atoms with Gasteiger partial charge in [0, 0.05) is 0 Å². The summed E-state index contributed by atoms with van der Waals surface area (Å²) in [5, 5.41) is 4.16. The number of nitrogens with one attached hydrogen (secondary N) is 1. The Balaban J connectivity index is 2.48. The van der Waals surface area contributed by atoms with Crippen LogP contribution in [0.15, 0.2) is 6.20 Å². The Morgan fingerprint density at radius 2 is 2.00 bits per heavy atom. The number of aromatic nitrogens is 4. The van der Waals surface area contributed by atoms with E-state index in [1.54, 1.807) is 0 Å². The second-order valence-electron chi connectivity index (χ2n) is 4.58. The molecule has 0 amide bonds. The summed E-state index contributed by atoms with van der Waals surface area (Å²) in [6.07, 6.45) is 1.52. The van der Waals surface area contributed by atoms with E-state index in [1.165, 1.54) is 31.9 Å². The van der Waals surface area contributed by atoms with Gasteiger partial charge in [0.25, 0.3) is 0 Å². The van der Waals surface area contributed by atoms with Gasteiger partial charge >= 0.3 is 0 Å². The van der Waals surface area contributed by atoms with E-state index in [4.69, 9.17) is 15.3 Å². The highest BCUT2D eigenvalue weighted by atomic mass is 32.1. The minimum absolute atomic E-state index is 0.229. The fraction of sp³-hybridized carbons (Fsp3) is 0.500. The lowest BCUT2D eigenvalue weighted by atomic mass is 10.0. The van der Waals surface area contributed by atoms with Crippen molar-refractivity contribution in [3.05, 3.63) is 22.5 Å². The largest absolute Gasteiger partial charge is 0.480 e. The zero-order chi connectivity index (χ0) is 15.4. The lowest BCUT2D eigenvalue weighted by molar-refractivity contribution is 0.352. The molecule has 0 aliphatic heterocycles. The molecular formula is C12H18N6O2S. The fourth-order valence-electron chi connectivity index (χ4n) is 1.90. The van der Waals surface area contributed by atoms with Crippen molar-refractivity contribution in [2.75, 3.05) is 14.2 Å². The summed E-state index contributed by atoms with van der Waals surface area (Å²) in [4.78, 5) is 9.46. The van der Waals surface area contributed by atoms with Crippen molar-refractivity contribution < 1.29 is 9.47 Å². The number of nitrogens with zero attached hydrogens (tertiary/aromatic N) is 4. The van der Waals surface area contributed by atoms with Crippen LogP contribution in [0.1, 0.15) is 42.1 Å². The summed E-state index contributed by atoms with van der Waals surface area (Å²) in [5.41, 5.74) is 4.18. The lowest BCUT2D eigenvalue weighted by Gasteiger charge is -2.17. The summed E-state index contributed by atoms with van der Waals surface area (Å²) in [5.74, 6) is 6.65. The number of nitrogens with two attached hydrogens (primary N) is 1. The van der Waals surface area contributed by atoms with Gasteiger partial charge in [-0.25, -0.2) is 10.4 Å². The third kappa shape index (κ3) is 3.09. The van der Waals surface area contributed by atoms with Crippen molar-refractivity contribution in [3.63, 3.8) is 0 Å². The highest BCUT2D eigenvalue weighted by Crippen LogP contribution is 2.33. The maximum absolute atomic E-state index is 5.71. The van der Waals surface area contributed by atoms with Gasteiger partial charge in [-0.05, 0) is 17.5 Å². The smallest absolute Gasteiger partial charge is 0.240 e. The first-order chi connectivity index (χ1) is 10.1. The van der Waals surface area contributed by atoms with Crippen LogP contribution < -0.4 is 20.7 Å². The third-order valence-corrected chi connectivity index (χ3v) is 3.74. The molecule has 0 radical (unpaired) electrons. The number of rotatable bonds is 6. The molecule has 3 N–H and O–H groups in total. The second kappa shape index (κ2) is 6.74. The number of hydrogen-bond acceptors (Lipinski definition) is 9. The molecule has 0 saturated heterocycles. The van der Waals surface area contributed by atoms with E-state index in [2.05, 4.69) is 25.0 Å². The summed E-state index contributed by atoms with van der Waals surface area (Å²) in [6, 6.07) is -0.393. The molecule has 1 atom stereocenters. The Kier molecular flexibility index (Phi) is 4.99. The molecule has 2 rings (SSSR count). The minimum Gasteiger partial charge on any atom is -0.480 e. The second-order valence-corrected chi connectivity index (χ2v) is 5.37. The van der Waals surface area contributed by atoms with Gasteiger partial charge in [0.15, 0.2) is 0 Å². The topological polar surface area (TPSA) is 108 Å². The summed E-state index contributed by atoms with van der Waals surface area (Å²) >= 11 is 1.28. The molecule has 0 saturated carbocycles. The number of hydrazine groups is 1. The van der Waals surface area contributed by atoms with Crippen LogP contribution in [0.4, 0.5) is 0 Å². The molecule has 2 aromatic heterocycles. The molecule has 9 heteroatoms.